The van der Waals surface area contributed by atoms with Gasteiger partial charge in [-0.25, -0.2) is 9.59 Å². The molecule has 4 aliphatic heterocycles. The summed E-state index contributed by atoms with van der Waals surface area (Å²) in [6, 6.07) is 8.35. The molecule has 27 atom stereocenters. The molecule has 7 fully saturated rings. The summed E-state index contributed by atoms with van der Waals surface area (Å²) in [5.41, 5.74) is -5.01. The number of Topliss-reactive ketones (excluding diaryl/α,β-unsaturated/α-hetero) is 1. The van der Waals surface area contributed by atoms with Crippen molar-refractivity contribution in [1.82, 2.24) is 0 Å². The zero-order valence-electron chi connectivity index (χ0n) is 50.6. The zero-order valence-corrected chi connectivity index (χ0v) is 50.6. The first-order valence-corrected chi connectivity index (χ1v) is 29.7. The SMILES string of the molecule is CC=C(C)C(=O)OC1C2C3(C)CCC(OC4(C)CC(OC)C(OC5CC(OC)C(OC6OC(C)C(OC7(O)OC(CO)C(O)C(O)C7O)C(OC)C6O)C(C)O5)C(C)O4)CC3=CCC2(O)C2(O)CCC(C(C)=O)C2(C)C1OC(=O)c1ccccc1. The number of aliphatic hydroxyl groups excluding tert-OH is 5. The maximum absolute atomic E-state index is 14.2. The van der Waals surface area contributed by atoms with Crippen molar-refractivity contribution in [2.75, 3.05) is 27.9 Å². The number of hydrogen-bond acceptors (Lipinski definition) is 24. The topological polar surface area (TPSA) is 333 Å². The first-order chi connectivity index (χ1) is 40.0. The average molecular weight is 1210 g/mol. The highest BCUT2D eigenvalue weighted by atomic mass is 16.9. The van der Waals surface area contributed by atoms with Gasteiger partial charge >= 0.3 is 17.9 Å². The van der Waals surface area contributed by atoms with Gasteiger partial charge in [0.2, 0.25) is 0 Å². The summed E-state index contributed by atoms with van der Waals surface area (Å²) in [5, 5.41) is 90.6. The van der Waals surface area contributed by atoms with Gasteiger partial charge in [0.05, 0.1) is 48.8 Å². The van der Waals surface area contributed by atoms with Crippen LogP contribution in [0.2, 0.25) is 0 Å². The smallest absolute Gasteiger partial charge is 0.338 e. The lowest BCUT2D eigenvalue weighted by Crippen LogP contribution is -2.80. The van der Waals surface area contributed by atoms with Crippen LogP contribution in [0.4, 0.5) is 0 Å². The minimum atomic E-state index is -2.95. The number of ether oxygens (including phenoxy) is 13. The number of fused-ring (bicyclic) bond motifs is 5. The Bertz CT molecular complexity index is 2600. The Balaban J connectivity index is 0.875. The minimum absolute atomic E-state index is 0.0380. The second-order valence-corrected chi connectivity index (χ2v) is 25.4. The predicted octanol–water partition coefficient (Wildman–Crippen LogP) is 2.18. The van der Waals surface area contributed by atoms with Crippen LogP contribution in [0.3, 0.4) is 0 Å². The molecule has 4 aliphatic carbocycles. The summed E-state index contributed by atoms with van der Waals surface area (Å²) < 4.78 is 81.0. The van der Waals surface area contributed by atoms with Gasteiger partial charge in [-0.1, -0.05) is 49.8 Å². The normalized spacial score (nSPS) is 48.3. The van der Waals surface area contributed by atoms with Crippen LogP contribution in [0, 0.1) is 22.7 Å². The van der Waals surface area contributed by atoms with Crippen molar-refractivity contribution in [3.8, 4) is 0 Å². The third-order valence-corrected chi connectivity index (χ3v) is 20.4. The number of benzene rings is 1. The highest BCUT2D eigenvalue weighted by molar-refractivity contribution is 5.90. The molecule has 3 saturated carbocycles. The quantitative estimate of drug-likeness (QED) is 0.0480. The number of carbonyl (C=O) groups excluding carboxylic acids is 3. The van der Waals surface area contributed by atoms with Crippen LogP contribution < -0.4 is 0 Å². The van der Waals surface area contributed by atoms with Crippen LogP contribution in [-0.4, -0.2) is 226 Å². The Morgan fingerprint density at radius 1 is 0.741 bits per heavy atom. The molecule has 478 valence electrons. The van der Waals surface area contributed by atoms with Crippen molar-refractivity contribution in [2.24, 2.45) is 22.7 Å². The van der Waals surface area contributed by atoms with Gasteiger partial charge in [-0.05, 0) is 105 Å². The molecule has 27 unspecified atom stereocenters. The molecule has 8 N–H and O–H groups in total. The number of ketones is 1. The summed E-state index contributed by atoms with van der Waals surface area (Å²) in [4.78, 5) is 41.9. The van der Waals surface area contributed by atoms with Gasteiger partial charge in [0.1, 0.15) is 78.0 Å². The average Bonchev–Trinajstić information content (AvgIpc) is 1.68. The molecule has 0 radical (unpaired) electrons. The first-order valence-electron chi connectivity index (χ1n) is 29.7. The molecule has 1 aromatic carbocycles. The molecule has 0 bridgehead atoms. The number of carbonyl (C=O) groups is 3. The fourth-order valence-electron chi connectivity index (χ4n) is 15.8. The third-order valence-electron chi connectivity index (χ3n) is 20.4. The van der Waals surface area contributed by atoms with Crippen molar-refractivity contribution in [3.05, 3.63) is 59.2 Å². The van der Waals surface area contributed by atoms with E-state index in [0.29, 0.717) is 19.3 Å². The lowest BCUT2D eigenvalue weighted by molar-refractivity contribution is -0.474. The molecule has 0 spiro atoms. The van der Waals surface area contributed by atoms with Gasteiger partial charge in [0, 0.05) is 57.0 Å². The molecule has 9 rings (SSSR count). The van der Waals surface area contributed by atoms with Gasteiger partial charge in [-0.15, -0.1) is 0 Å². The van der Waals surface area contributed by atoms with E-state index < -0.39 is 181 Å². The van der Waals surface area contributed by atoms with E-state index in [-0.39, 0.29) is 49.0 Å². The predicted molar refractivity (Wildman–Crippen MR) is 294 cm³/mol. The summed E-state index contributed by atoms with van der Waals surface area (Å²) in [5.74, 6) is -7.65. The van der Waals surface area contributed by atoms with Crippen LogP contribution in [-0.2, 0) is 71.2 Å². The van der Waals surface area contributed by atoms with Crippen molar-refractivity contribution in [3.63, 3.8) is 0 Å². The van der Waals surface area contributed by atoms with E-state index in [4.69, 9.17) is 61.6 Å². The Hall–Kier alpha value is -3.45. The van der Waals surface area contributed by atoms with E-state index in [1.807, 2.05) is 26.8 Å². The van der Waals surface area contributed by atoms with Crippen LogP contribution in [0.1, 0.15) is 124 Å². The zero-order chi connectivity index (χ0) is 62.1. The second kappa shape index (κ2) is 25.1. The maximum atomic E-state index is 14.2. The van der Waals surface area contributed by atoms with Crippen molar-refractivity contribution in [1.29, 1.82) is 0 Å². The molecular formula is C61H90O24. The van der Waals surface area contributed by atoms with Crippen molar-refractivity contribution >= 4 is 17.7 Å². The standard InChI is InChI=1S/C61H90O24/c1-13-29(2)53(68)79-49-50-56(7)22-20-36(25-35(56)19-23-59(50,70)60(71)24-21-37(30(3)63)58(60,9)52(49)81-54(69)34-17-15-14-16-18-34)83-57(8)27-39(74-11)46(33(6)82-57)78-41-26-38(73-10)45(31(4)76-41)80-55-44(66)48(75-12)47(32(5)77-55)85-61(72)51(67)43(65)42(64)40(28-62)84-61/h13-19,31-33,36-52,55,62,64-67,70-72H,20-28H2,1-12H3. The lowest BCUT2D eigenvalue weighted by atomic mass is 9.42. The fraction of sp³-hybridized carbons (Fsp3) is 0.787. The van der Waals surface area contributed by atoms with Gasteiger partial charge in [-0.2, -0.15) is 0 Å². The third kappa shape index (κ3) is 11.5. The monoisotopic (exact) mass is 1210 g/mol. The second-order valence-electron chi connectivity index (χ2n) is 25.4. The molecule has 24 heteroatoms. The fourth-order valence-corrected chi connectivity index (χ4v) is 15.8. The molecule has 85 heavy (non-hydrogen) atoms. The molecule has 1 aromatic rings. The summed E-state index contributed by atoms with van der Waals surface area (Å²) in [7, 11) is 4.35. The minimum Gasteiger partial charge on any atom is -0.455 e. The molecule has 4 heterocycles. The number of allylic oxidation sites excluding steroid dienone is 1. The Kier molecular flexibility index (Phi) is 19.5. The molecule has 0 aromatic heterocycles. The highest BCUT2D eigenvalue weighted by Gasteiger charge is 2.81. The number of hydrogen-bond donors (Lipinski definition) is 8. The van der Waals surface area contributed by atoms with Crippen molar-refractivity contribution < 1.29 is 117 Å². The van der Waals surface area contributed by atoms with Crippen LogP contribution in [0.5, 0.6) is 0 Å². The number of methoxy groups -OCH3 is 3. The summed E-state index contributed by atoms with van der Waals surface area (Å²) >= 11 is 0. The van der Waals surface area contributed by atoms with E-state index in [1.165, 1.54) is 28.1 Å². The van der Waals surface area contributed by atoms with Crippen LogP contribution in [0.25, 0.3) is 0 Å². The van der Waals surface area contributed by atoms with E-state index >= 15 is 0 Å². The largest absolute Gasteiger partial charge is 0.455 e. The Morgan fingerprint density at radius 3 is 2.05 bits per heavy atom. The van der Waals surface area contributed by atoms with Crippen molar-refractivity contribution in [2.45, 2.75) is 253 Å². The molecular weight excluding hydrogens is 1120 g/mol. The van der Waals surface area contributed by atoms with E-state index in [2.05, 4.69) is 0 Å². The van der Waals surface area contributed by atoms with Crippen LogP contribution in [0.15, 0.2) is 53.6 Å². The van der Waals surface area contributed by atoms with Gasteiger partial charge in [0.25, 0.3) is 0 Å². The number of esters is 2. The van der Waals surface area contributed by atoms with Gasteiger partial charge in [-0.3, -0.25) is 4.79 Å². The van der Waals surface area contributed by atoms with E-state index in [0.717, 1.165) is 5.57 Å². The van der Waals surface area contributed by atoms with Gasteiger partial charge in [0.15, 0.2) is 24.5 Å². The van der Waals surface area contributed by atoms with E-state index in [1.54, 1.807) is 71.2 Å². The summed E-state index contributed by atoms with van der Waals surface area (Å²) in [6.07, 6.45) is -16.6. The highest BCUT2D eigenvalue weighted by Crippen LogP contribution is 2.71. The number of rotatable bonds is 17. The molecule has 4 saturated heterocycles. The molecule has 0 amide bonds. The Labute approximate surface area is 495 Å². The molecule has 8 aliphatic rings. The summed E-state index contributed by atoms with van der Waals surface area (Å²) in [6.45, 7) is 14.6. The first kappa shape index (κ1) is 66.0. The maximum Gasteiger partial charge on any atom is 0.338 e. The van der Waals surface area contributed by atoms with Crippen LogP contribution >= 0.6 is 0 Å². The van der Waals surface area contributed by atoms with Gasteiger partial charge < -0.3 is 102 Å². The number of aliphatic hydroxyl groups is 8. The molecule has 24 nitrogen and oxygen atoms in total. The Morgan fingerprint density at radius 2 is 1.41 bits per heavy atom. The van der Waals surface area contributed by atoms with E-state index in [9.17, 15) is 55.2 Å². The lowest BCUT2D eigenvalue weighted by Gasteiger charge is -2.68.